The lowest BCUT2D eigenvalue weighted by Crippen LogP contribution is -2.38. The third kappa shape index (κ3) is 5.44. The molecule has 1 aliphatic rings. The summed E-state index contributed by atoms with van der Waals surface area (Å²) >= 11 is 0. The number of hydrogen-bond donors (Lipinski definition) is 5. The summed E-state index contributed by atoms with van der Waals surface area (Å²) in [6, 6.07) is 0. The highest BCUT2D eigenvalue weighted by Crippen LogP contribution is 2.46. The zero-order valence-electron chi connectivity index (χ0n) is 15.0. The Morgan fingerprint density at radius 1 is 1.27 bits per heavy atom. The first-order valence-electron chi connectivity index (χ1n) is 8.91. The van der Waals surface area contributed by atoms with Gasteiger partial charge in [-0.1, -0.05) is 45.4 Å². The van der Waals surface area contributed by atoms with E-state index in [1.807, 2.05) is 0 Å². The number of nitrogens with one attached hydrogen (secondary N) is 2. The molecule has 10 nitrogen and oxygen atoms in total. The van der Waals surface area contributed by atoms with Gasteiger partial charge in [0.25, 0.3) is 5.56 Å². The van der Waals surface area contributed by atoms with Crippen molar-refractivity contribution in [3.05, 3.63) is 10.4 Å². The topological polar surface area (TPSA) is 154 Å². The van der Waals surface area contributed by atoms with Crippen molar-refractivity contribution in [1.29, 1.82) is 0 Å². The molecule has 0 aliphatic carbocycles. The molecule has 1 aliphatic heterocycles. The van der Waals surface area contributed by atoms with Crippen molar-refractivity contribution in [2.24, 2.45) is 0 Å². The van der Waals surface area contributed by atoms with Crippen LogP contribution in [0.15, 0.2) is 4.79 Å². The van der Waals surface area contributed by atoms with Crippen LogP contribution in [0.2, 0.25) is 0 Å². The maximum absolute atomic E-state index is 11.9. The van der Waals surface area contributed by atoms with Crippen molar-refractivity contribution in [3.63, 3.8) is 0 Å². The Kier molecular flexibility index (Phi) is 7.45. The van der Waals surface area contributed by atoms with Gasteiger partial charge in [-0.15, -0.1) is 0 Å². The standard InChI is InChI=1S/C15H28N5O5P/c1-2-3-4-5-6-7-8-9-25-15(26(22,23)24)20-10-17-11-12(20)18-14(16)19-13(11)21/h15,17H,2-10H2,1H3,(H2,22,23,24)(H3,16,18,19,21). The molecule has 2 heterocycles. The molecule has 0 saturated heterocycles. The van der Waals surface area contributed by atoms with Crippen LogP contribution in [0.4, 0.5) is 17.5 Å². The average molecular weight is 389 g/mol. The number of anilines is 3. The molecule has 1 aromatic heterocycles. The molecule has 26 heavy (non-hydrogen) atoms. The number of nitrogens with zero attached hydrogens (tertiary/aromatic N) is 2. The van der Waals surface area contributed by atoms with Gasteiger partial charge in [-0.05, 0) is 6.42 Å². The lowest BCUT2D eigenvalue weighted by Gasteiger charge is -2.28. The minimum atomic E-state index is -4.61. The average Bonchev–Trinajstić information content (AvgIpc) is 2.96. The Morgan fingerprint density at radius 3 is 2.58 bits per heavy atom. The molecule has 2 rings (SSSR count). The number of unbranched alkanes of at least 4 members (excludes halogenated alkanes) is 6. The lowest BCUT2D eigenvalue weighted by molar-refractivity contribution is 0.0812. The van der Waals surface area contributed by atoms with Crippen LogP contribution in [-0.2, 0) is 9.30 Å². The first-order chi connectivity index (χ1) is 12.3. The van der Waals surface area contributed by atoms with E-state index in [4.69, 9.17) is 10.5 Å². The van der Waals surface area contributed by atoms with Crippen LogP contribution in [0.5, 0.6) is 0 Å². The number of aromatic nitrogens is 2. The van der Waals surface area contributed by atoms with Gasteiger partial charge in [0.2, 0.25) is 11.9 Å². The van der Waals surface area contributed by atoms with E-state index < -0.39 is 19.1 Å². The molecule has 1 aromatic rings. The smallest absolute Gasteiger partial charge is 0.369 e. The number of ether oxygens (including phenoxy) is 1. The zero-order chi connectivity index (χ0) is 19.2. The van der Waals surface area contributed by atoms with Crippen LogP contribution in [0, 0.1) is 0 Å². The number of fused-ring (bicyclic) bond motifs is 1. The van der Waals surface area contributed by atoms with Gasteiger partial charge >= 0.3 is 7.60 Å². The van der Waals surface area contributed by atoms with Crippen molar-refractivity contribution < 1.29 is 19.1 Å². The van der Waals surface area contributed by atoms with E-state index in [0.29, 0.717) is 6.42 Å². The molecule has 1 atom stereocenters. The van der Waals surface area contributed by atoms with E-state index in [2.05, 4.69) is 22.2 Å². The third-order valence-electron chi connectivity index (χ3n) is 4.19. The molecule has 11 heteroatoms. The van der Waals surface area contributed by atoms with Crippen LogP contribution in [0.25, 0.3) is 0 Å². The van der Waals surface area contributed by atoms with Crippen LogP contribution >= 0.6 is 7.60 Å². The Bertz CT molecular complexity index is 691. The molecule has 0 amide bonds. The molecular weight excluding hydrogens is 361 g/mol. The third-order valence-corrected chi connectivity index (χ3v) is 5.19. The number of aromatic amines is 1. The van der Waals surface area contributed by atoms with Gasteiger partial charge in [0.15, 0.2) is 5.82 Å². The Hall–Kier alpha value is -1.61. The highest BCUT2D eigenvalue weighted by Gasteiger charge is 2.40. The van der Waals surface area contributed by atoms with Gasteiger partial charge in [0, 0.05) is 6.61 Å². The van der Waals surface area contributed by atoms with E-state index >= 15 is 0 Å². The largest absolute Gasteiger partial charge is 0.374 e. The fourth-order valence-corrected chi connectivity index (χ4v) is 3.74. The van der Waals surface area contributed by atoms with Gasteiger partial charge in [0.05, 0.1) is 6.67 Å². The van der Waals surface area contributed by atoms with E-state index in [9.17, 15) is 19.1 Å². The fourth-order valence-electron chi connectivity index (χ4n) is 2.88. The predicted molar refractivity (Wildman–Crippen MR) is 100 cm³/mol. The monoisotopic (exact) mass is 389 g/mol. The molecule has 0 bridgehead atoms. The summed E-state index contributed by atoms with van der Waals surface area (Å²) in [5.41, 5.74) is 5.17. The molecule has 0 radical (unpaired) electrons. The van der Waals surface area contributed by atoms with Gasteiger partial charge in [0.1, 0.15) is 5.69 Å². The number of nitrogens with two attached hydrogens (primary N) is 1. The summed E-state index contributed by atoms with van der Waals surface area (Å²) in [4.78, 5) is 38.8. The van der Waals surface area contributed by atoms with Crippen LogP contribution in [0.1, 0.15) is 51.9 Å². The van der Waals surface area contributed by atoms with E-state index in [0.717, 1.165) is 19.3 Å². The van der Waals surface area contributed by atoms with Crippen LogP contribution in [0.3, 0.4) is 0 Å². The van der Waals surface area contributed by atoms with Crippen LogP contribution in [-0.4, -0.2) is 39.0 Å². The molecule has 0 aromatic carbocycles. The maximum atomic E-state index is 11.9. The Morgan fingerprint density at radius 2 is 1.92 bits per heavy atom. The summed E-state index contributed by atoms with van der Waals surface area (Å²) in [6.45, 7) is 2.38. The Labute approximate surface area is 152 Å². The fraction of sp³-hybridized carbons (Fsp3) is 0.733. The van der Waals surface area contributed by atoms with E-state index in [1.165, 1.54) is 24.2 Å². The van der Waals surface area contributed by atoms with Crippen LogP contribution < -0.4 is 21.5 Å². The quantitative estimate of drug-likeness (QED) is 0.281. The van der Waals surface area contributed by atoms with Gasteiger partial charge in [-0.3, -0.25) is 14.3 Å². The normalized spacial score (nSPS) is 15.0. The van der Waals surface area contributed by atoms with E-state index in [-0.39, 0.29) is 30.7 Å². The van der Waals surface area contributed by atoms with Gasteiger partial charge in [-0.2, -0.15) is 4.98 Å². The van der Waals surface area contributed by atoms with Crippen molar-refractivity contribution in [1.82, 2.24) is 9.97 Å². The van der Waals surface area contributed by atoms with Crippen molar-refractivity contribution in [2.75, 3.05) is 29.2 Å². The molecular formula is C15H28N5O5P. The molecule has 1 unspecified atom stereocenters. The second kappa shape index (κ2) is 9.36. The number of nitrogen functional groups attached to an aromatic ring is 1. The van der Waals surface area contributed by atoms with Crippen molar-refractivity contribution in [3.8, 4) is 0 Å². The lowest BCUT2D eigenvalue weighted by atomic mass is 10.1. The van der Waals surface area contributed by atoms with Crippen molar-refractivity contribution >= 4 is 25.0 Å². The second-order valence-electron chi connectivity index (χ2n) is 6.36. The molecule has 0 spiro atoms. The minimum absolute atomic E-state index is 0.00165. The summed E-state index contributed by atoms with van der Waals surface area (Å²) in [7, 11) is -4.61. The summed E-state index contributed by atoms with van der Waals surface area (Å²) < 4.78 is 17.4. The van der Waals surface area contributed by atoms with Gasteiger partial charge in [-0.25, -0.2) is 0 Å². The number of rotatable bonds is 11. The van der Waals surface area contributed by atoms with E-state index in [1.54, 1.807) is 0 Å². The summed E-state index contributed by atoms with van der Waals surface area (Å²) in [6.07, 6.45) is 7.52. The highest BCUT2D eigenvalue weighted by atomic mass is 31.2. The van der Waals surface area contributed by atoms with Gasteiger partial charge < -0.3 is 30.5 Å². The molecule has 0 saturated carbocycles. The molecule has 0 fully saturated rings. The Balaban J connectivity index is 1.94. The molecule has 6 N–H and O–H groups in total. The second-order valence-corrected chi connectivity index (χ2v) is 7.98. The first kappa shape index (κ1) is 20.7. The predicted octanol–water partition coefficient (Wildman–Crippen LogP) is 1.77. The first-order valence-corrected chi connectivity index (χ1v) is 10.6. The summed E-state index contributed by atoms with van der Waals surface area (Å²) in [5.74, 6) is -1.55. The SMILES string of the molecule is CCCCCCCCCOC(N1CNc2c1nc(N)[nH]c2=O)P(=O)(O)O. The number of hydrogen-bond acceptors (Lipinski definition) is 7. The van der Waals surface area contributed by atoms with Crippen molar-refractivity contribution in [2.45, 2.75) is 57.8 Å². The zero-order valence-corrected chi connectivity index (χ0v) is 15.9. The number of H-pyrrole nitrogens is 1. The molecule has 148 valence electrons. The summed E-state index contributed by atoms with van der Waals surface area (Å²) in [5, 5.41) is 2.77. The minimum Gasteiger partial charge on any atom is -0.369 e. The maximum Gasteiger partial charge on any atom is 0.374 e. The highest BCUT2D eigenvalue weighted by molar-refractivity contribution is 7.52.